The largest absolute Gasteiger partial charge is 0.494 e. The van der Waals surface area contributed by atoms with Gasteiger partial charge in [0.1, 0.15) is 5.75 Å². The zero-order valence-electron chi connectivity index (χ0n) is 11.2. The van der Waals surface area contributed by atoms with E-state index < -0.39 is 0 Å². The second-order valence-corrected chi connectivity index (χ2v) is 4.81. The Morgan fingerprint density at radius 3 is 2.72 bits per heavy atom. The molecule has 0 N–H and O–H groups in total. The molecule has 1 atom stereocenters. The van der Waals surface area contributed by atoms with Crippen molar-refractivity contribution >= 4 is 5.91 Å². The Kier molecular flexibility index (Phi) is 4.24. The van der Waals surface area contributed by atoms with E-state index in [-0.39, 0.29) is 5.91 Å². The summed E-state index contributed by atoms with van der Waals surface area (Å²) >= 11 is 0. The van der Waals surface area contributed by atoms with Gasteiger partial charge in [0.15, 0.2) is 0 Å². The molecule has 98 valence electrons. The Balaban J connectivity index is 2.04. The van der Waals surface area contributed by atoms with E-state index in [9.17, 15) is 4.79 Å². The highest BCUT2D eigenvalue weighted by Gasteiger charge is 2.22. The predicted molar refractivity (Wildman–Crippen MR) is 71.8 cm³/mol. The molecule has 3 heteroatoms. The lowest BCUT2D eigenvalue weighted by Gasteiger charge is -2.32. The number of rotatable bonds is 3. The standard InChI is InChI=1S/C15H21NO2/c1-3-18-15-8-6-13(7-9-15)14-5-4-10-16(11-14)12(2)17/h6-9,14H,3-5,10-11H2,1-2H3/t14-/m1/s1. The topological polar surface area (TPSA) is 29.5 Å². The molecule has 1 saturated heterocycles. The number of likely N-dealkylation sites (tertiary alicyclic amines) is 1. The second kappa shape index (κ2) is 5.89. The van der Waals surface area contributed by atoms with E-state index in [0.29, 0.717) is 12.5 Å². The highest BCUT2D eigenvalue weighted by molar-refractivity contribution is 5.73. The van der Waals surface area contributed by atoms with Crippen molar-refractivity contribution in [3.8, 4) is 5.75 Å². The van der Waals surface area contributed by atoms with Crippen molar-refractivity contribution in [3.63, 3.8) is 0 Å². The Bertz CT molecular complexity index is 399. The number of amides is 1. The summed E-state index contributed by atoms with van der Waals surface area (Å²) in [7, 11) is 0. The van der Waals surface area contributed by atoms with E-state index in [0.717, 1.165) is 31.7 Å². The fourth-order valence-corrected chi connectivity index (χ4v) is 2.54. The average molecular weight is 247 g/mol. The van der Waals surface area contributed by atoms with Crippen LogP contribution < -0.4 is 4.74 Å². The quantitative estimate of drug-likeness (QED) is 0.822. The van der Waals surface area contributed by atoms with Gasteiger partial charge >= 0.3 is 0 Å². The highest BCUT2D eigenvalue weighted by Crippen LogP contribution is 2.28. The summed E-state index contributed by atoms with van der Waals surface area (Å²) in [6.45, 7) is 6.09. The van der Waals surface area contributed by atoms with Crippen LogP contribution in [0.1, 0.15) is 38.2 Å². The van der Waals surface area contributed by atoms with E-state index in [4.69, 9.17) is 4.74 Å². The third kappa shape index (κ3) is 3.03. The number of piperidine rings is 1. The minimum absolute atomic E-state index is 0.186. The number of benzene rings is 1. The first-order valence-electron chi connectivity index (χ1n) is 6.69. The van der Waals surface area contributed by atoms with Crippen molar-refractivity contribution in [2.24, 2.45) is 0 Å². The van der Waals surface area contributed by atoms with Gasteiger partial charge < -0.3 is 9.64 Å². The number of hydrogen-bond donors (Lipinski definition) is 0. The monoisotopic (exact) mass is 247 g/mol. The molecule has 0 aromatic heterocycles. The van der Waals surface area contributed by atoms with Gasteiger partial charge in [0.25, 0.3) is 0 Å². The van der Waals surface area contributed by atoms with Crippen molar-refractivity contribution in [3.05, 3.63) is 29.8 Å². The molecule has 0 spiro atoms. The van der Waals surface area contributed by atoms with E-state index in [2.05, 4.69) is 12.1 Å². The van der Waals surface area contributed by atoms with Crippen molar-refractivity contribution in [1.82, 2.24) is 4.90 Å². The highest BCUT2D eigenvalue weighted by atomic mass is 16.5. The Morgan fingerprint density at radius 2 is 2.11 bits per heavy atom. The Morgan fingerprint density at radius 1 is 1.39 bits per heavy atom. The van der Waals surface area contributed by atoms with Gasteiger partial charge in [0.05, 0.1) is 6.61 Å². The molecule has 1 aromatic rings. The molecule has 0 saturated carbocycles. The summed E-state index contributed by atoms with van der Waals surface area (Å²) in [6.07, 6.45) is 2.26. The van der Waals surface area contributed by atoms with Crippen LogP contribution in [0.3, 0.4) is 0 Å². The van der Waals surface area contributed by atoms with Crippen LogP contribution >= 0.6 is 0 Å². The molecule has 1 aromatic carbocycles. The maximum Gasteiger partial charge on any atom is 0.219 e. The van der Waals surface area contributed by atoms with Gasteiger partial charge in [-0.3, -0.25) is 4.79 Å². The molecule has 0 aliphatic carbocycles. The van der Waals surface area contributed by atoms with Crippen LogP contribution in [0.15, 0.2) is 24.3 Å². The van der Waals surface area contributed by atoms with Gasteiger partial charge in [-0.05, 0) is 37.5 Å². The van der Waals surface area contributed by atoms with Gasteiger partial charge in [0, 0.05) is 25.9 Å². The molecule has 0 bridgehead atoms. The molecule has 1 fully saturated rings. The van der Waals surface area contributed by atoms with E-state index in [1.807, 2.05) is 24.0 Å². The van der Waals surface area contributed by atoms with Crippen molar-refractivity contribution < 1.29 is 9.53 Å². The minimum atomic E-state index is 0.186. The molecular formula is C15H21NO2. The second-order valence-electron chi connectivity index (χ2n) is 4.81. The lowest BCUT2D eigenvalue weighted by atomic mass is 9.90. The Labute approximate surface area is 109 Å². The number of hydrogen-bond acceptors (Lipinski definition) is 2. The van der Waals surface area contributed by atoms with Crippen molar-refractivity contribution in [2.75, 3.05) is 19.7 Å². The molecule has 3 nitrogen and oxygen atoms in total. The van der Waals surface area contributed by atoms with Crippen LogP contribution in [0, 0.1) is 0 Å². The third-order valence-electron chi connectivity index (χ3n) is 3.53. The molecule has 1 amide bonds. The SMILES string of the molecule is CCOc1ccc([C@@H]2CCCN(C(C)=O)C2)cc1. The first-order chi connectivity index (χ1) is 8.70. The zero-order valence-corrected chi connectivity index (χ0v) is 11.2. The lowest BCUT2D eigenvalue weighted by molar-refractivity contribution is -0.130. The van der Waals surface area contributed by atoms with Crippen LogP contribution in [0.25, 0.3) is 0 Å². The lowest BCUT2D eigenvalue weighted by Crippen LogP contribution is -2.37. The van der Waals surface area contributed by atoms with Gasteiger partial charge in [-0.15, -0.1) is 0 Å². The molecule has 18 heavy (non-hydrogen) atoms. The molecular weight excluding hydrogens is 226 g/mol. The Hall–Kier alpha value is -1.51. The number of nitrogens with zero attached hydrogens (tertiary/aromatic N) is 1. The van der Waals surface area contributed by atoms with Gasteiger partial charge in [-0.2, -0.15) is 0 Å². The first kappa shape index (κ1) is 12.9. The molecule has 2 rings (SSSR count). The molecule has 0 radical (unpaired) electrons. The summed E-state index contributed by atoms with van der Waals surface area (Å²) in [5.74, 6) is 1.57. The van der Waals surface area contributed by atoms with Crippen LogP contribution in [0.4, 0.5) is 0 Å². The van der Waals surface area contributed by atoms with Crippen LogP contribution in [0.5, 0.6) is 5.75 Å². The predicted octanol–water partition coefficient (Wildman–Crippen LogP) is 2.81. The summed E-state index contributed by atoms with van der Waals surface area (Å²) in [6, 6.07) is 8.29. The van der Waals surface area contributed by atoms with Gasteiger partial charge in [-0.1, -0.05) is 12.1 Å². The maximum absolute atomic E-state index is 11.4. The average Bonchev–Trinajstić information content (AvgIpc) is 2.40. The minimum Gasteiger partial charge on any atom is -0.494 e. The maximum atomic E-state index is 11.4. The van der Waals surface area contributed by atoms with E-state index in [1.165, 1.54) is 5.56 Å². The summed E-state index contributed by atoms with van der Waals surface area (Å²) in [4.78, 5) is 13.4. The molecule has 1 aliphatic heterocycles. The fraction of sp³-hybridized carbons (Fsp3) is 0.533. The number of carbonyl (C=O) groups excluding carboxylic acids is 1. The van der Waals surface area contributed by atoms with Crippen LogP contribution in [0.2, 0.25) is 0 Å². The third-order valence-corrected chi connectivity index (χ3v) is 3.53. The van der Waals surface area contributed by atoms with Gasteiger partial charge in [0.2, 0.25) is 5.91 Å². The van der Waals surface area contributed by atoms with Crippen molar-refractivity contribution in [1.29, 1.82) is 0 Å². The molecule has 1 heterocycles. The van der Waals surface area contributed by atoms with Crippen LogP contribution in [-0.4, -0.2) is 30.5 Å². The smallest absolute Gasteiger partial charge is 0.219 e. The zero-order chi connectivity index (χ0) is 13.0. The summed E-state index contributed by atoms with van der Waals surface area (Å²) in [5.41, 5.74) is 1.31. The van der Waals surface area contributed by atoms with E-state index >= 15 is 0 Å². The fourth-order valence-electron chi connectivity index (χ4n) is 2.54. The summed E-state index contributed by atoms with van der Waals surface area (Å²) < 4.78 is 5.44. The summed E-state index contributed by atoms with van der Waals surface area (Å²) in [5, 5.41) is 0. The normalized spacial score (nSPS) is 19.7. The number of ether oxygens (including phenoxy) is 1. The van der Waals surface area contributed by atoms with Crippen LogP contribution in [-0.2, 0) is 4.79 Å². The van der Waals surface area contributed by atoms with Gasteiger partial charge in [-0.25, -0.2) is 0 Å². The first-order valence-corrected chi connectivity index (χ1v) is 6.69. The molecule has 0 unspecified atom stereocenters. The van der Waals surface area contributed by atoms with E-state index in [1.54, 1.807) is 6.92 Å². The number of carbonyl (C=O) groups is 1. The van der Waals surface area contributed by atoms with Crippen molar-refractivity contribution in [2.45, 2.75) is 32.6 Å². The molecule has 1 aliphatic rings.